The second-order valence-corrected chi connectivity index (χ2v) is 9.33. The lowest BCUT2D eigenvalue weighted by molar-refractivity contribution is 0.408. The minimum absolute atomic E-state index is 0.0711. The molecule has 0 bridgehead atoms. The van der Waals surface area contributed by atoms with Crippen molar-refractivity contribution in [3.8, 4) is 5.75 Å². The minimum atomic E-state index is -3.40. The molecule has 27 heavy (non-hydrogen) atoms. The van der Waals surface area contributed by atoms with E-state index in [2.05, 4.69) is 0 Å². The van der Waals surface area contributed by atoms with Crippen LogP contribution in [-0.4, -0.2) is 32.1 Å². The highest BCUT2D eigenvalue weighted by Crippen LogP contribution is 2.17. The number of rotatable bonds is 10. The maximum Gasteiger partial charge on any atom is 0.214 e. The molecular formula is C20H23NO4S2. The van der Waals surface area contributed by atoms with Gasteiger partial charge in [0.1, 0.15) is 5.75 Å². The molecule has 0 aliphatic heterocycles. The Morgan fingerprint density at radius 1 is 1.07 bits per heavy atom. The van der Waals surface area contributed by atoms with Crippen molar-refractivity contribution in [2.45, 2.75) is 19.4 Å². The van der Waals surface area contributed by atoms with Gasteiger partial charge in [0.2, 0.25) is 10.0 Å². The average molecular weight is 406 g/mol. The molecule has 1 aromatic carbocycles. The summed E-state index contributed by atoms with van der Waals surface area (Å²) >= 11 is 1.65. The van der Waals surface area contributed by atoms with Crippen LogP contribution in [0.3, 0.4) is 0 Å². The fourth-order valence-electron chi connectivity index (χ4n) is 2.76. The molecule has 0 radical (unpaired) electrons. The van der Waals surface area contributed by atoms with E-state index in [9.17, 15) is 8.42 Å². The van der Waals surface area contributed by atoms with Crippen LogP contribution in [0, 0.1) is 0 Å². The van der Waals surface area contributed by atoms with Crippen LogP contribution in [0.1, 0.15) is 16.0 Å². The van der Waals surface area contributed by atoms with Gasteiger partial charge in [-0.05, 0) is 48.1 Å². The van der Waals surface area contributed by atoms with Gasteiger partial charge in [0.15, 0.2) is 0 Å². The summed E-state index contributed by atoms with van der Waals surface area (Å²) in [4.78, 5) is 1.18. The summed E-state index contributed by atoms with van der Waals surface area (Å²) in [5.41, 5.74) is 1.83. The van der Waals surface area contributed by atoms with E-state index in [1.807, 2.05) is 41.8 Å². The monoisotopic (exact) mass is 405 g/mol. The largest absolute Gasteiger partial charge is 0.497 e. The summed E-state index contributed by atoms with van der Waals surface area (Å²) in [6, 6.07) is 13.3. The summed E-state index contributed by atoms with van der Waals surface area (Å²) in [5.74, 6) is 0.834. The summed E-state index contributed by atoms with van der Waals surface area (Å²) < 4.78 is 37.8. The third-order valence-electron chi connectivity index (χ3n) is 4.33. The Morgan fingerprint density at radius 3 is 2.52 bits per heavy atom. The van der Waals surface area contributed by atoms with Crippen LogP contribution in [0.5, 0.6) is 5.75 Å². The van der Waals surface area contributed by atoms with Crippen LogP contribution in [0.2, 0.25) is 0 Å². The summed E-state index contributed by atoms with van der Waals surface area (Å²) in [5, 5.41) is 2.01. The molecule has 0 N–H and O–H groups in total. The zero-order valence-corrected chi connectivity index (χ0v) is 16.8. The minimum Gasteiger partial charge on any atom is -0.497 e. The number of furan rings is 1. The number of benzene rings is 1. The molecule has 7 heteroatoms. The van der Waals surface area contributed by atoms with Crippen molar-refractivity contribution in [2.75, 3.05) is 19.4 Å². The molecule has 0 aliphatic carbocycles. The first kappa shape index (κ1) is 19.7. The second-order valence-electron chi connectivity index (χ2n) is 6.21. The smallest absolute Gasteiger partial charge is 0.214 e. The van der Waals surface area contributed by atoms with Crippen molar-refractivity contribution < 1.29 is 17.6 Å². The lowest BCUT2D eigenvalue weighted by atomic mass is 10.2. The summed E-state index contributed by atoms with van der Waals surface area (Å²) in [6.07, 6.45) is 4.33. The van der Waals surface area contributed by atoms with Crippen LogP contribution in [-0.2, 0) is 29.4 Å². The van der Waals surface area contributed by atoms with Crippen molar-refractivity contribution in [3.05, 3.63) is 76.4 Å². The molecule has 0 aliphatic rings. The molecule has 3 aromatic rings. The van der Waals surface area contributed by atoms with Crippen LogP contribution >= 0.6 is 11.3 Å². The Hall–Kier alpha value is -2.09. The van der Waals surface area contributed by atoms with E-state index in [0.717, 1.165) is 16.9 Å². The van der Waals surface area contributed by atoms with Gasteiger partial charge in [-0.15, -0.1) is 11.3 Å². The van der Waals surface area contributed by atoms with Gasteiger partial charge in [0, 0.05) is 23.5 Å². The fraction of sp³-hybridized carbons (Fsp3) is 0.300. The van der Waals surface area contributed by atoms with E-state index in [4.69, 9.17) is 9.15 Å². The normalized spacial score (nSPS) is 11.8. The number of hydrogen-bond donors (Lipinski definition) is 0. The number of sulfonamides is 1. The van der Waals surface area contributed by atoms with Gasteiger partial charge < -0.3 is 9.15 Å². The molecule has 0 saturated heterocycles. The van der Waals surface area contributed by atoms with E-state index < -0.39 is 10.0 Å². The van der Waals surface area contributed by atoms with E-state index in [1.165, 1.54) is 4.88 Å². The molecular weight excluding hydrogens is 382 g/mol. The van der Waals surface area contributed by atoms with Crippen LogP contribution < -0.4 is 4.74 Å². The van der Waals surface area contributed by atoms with Gasteiger partial charge in [0.25, 0.3) is 0 Å². The van der Waals surface area contributed by atoms with Gasteiger partial charge in [-0.2, -0.15) is 4.31 Å². The number of ether oxygens (including phenoxy) is 1. The van der Waals surface area contributed by atoms with Crippen molar-refractivity contribution in [1.82, 2.24) is 4.31 Å². The van der Waals surface area contributed by atoms with Crippen molar-refractivity contribution in [1.29, 1.82) is 0 Å². The molecule has 3 rings (SSSR count). The first-order valence-corrected chi connectivity index (χ1v) is 11.2. The molecule has 0 fully saturated rings. The zero-order valence-electron chi connectivity index (χ0n) is 15.2. The molecule has 0 unspecified atom stereocenters. The summed E-state index contributed by atoms with van der Waals surface area (Å²) in [7, 11) is -1.79. The number of hydrogen-bond acceptors (Lipinski definition) is 5. The van der Waals surface area contributed by atoms with Crippen LogP contribution in [0.15, 0.2) is 64.8 Å². The first-order chi connectivity index (χ1) is 13.1. The molecule has 2 aromatic heterocycles. The second kappa shape index (κ2) is 9.21. The first-order valence-electron chi connectivity index (χ1n) is 8.71. The maximum atomic E-state index is 13.0. The summed E-state index contributed by atoms with van der Waals surface area (Å²) in [6.45, 7) is 0.781. The van der Waals surface area contributed by atoms with Gasteiger partial charge in [-0.3, -0.25) is 0 Å². The third kappa shape index (κ3) is 5.69. The van der Waals surface area contributed by atoms with Crippen molar-refractivity contribution in [2.24, 2.45) is 0 Å². The number of aryl methyl sites for hydroxylation is 1. The van der Waals surface area contributed by atoms with Gasteiger partial charge in [0.05, 0.1) is 25.4 Å². The third-order valence-corrected chi connectivity index (χ3v) is 7.08. The highest BCUT2D eigenvalue weighted by molar-refractivity contribution is 7.89. The Bertz CT molecular complexity index is 902. The van der Waals surface area contributed by atoms with Gasteiger partial charge in [-0.1, -0.05) is 18.2 Å². The Kier molecular flexibility index (Phi) is 6.71. The topological polar surface area (TPSA) is 59.8 Å². The highest BCUT2D eigenvalue weighted by Gasteiger charge is 2.22. The van der Waals surface area contributed by atoms with E-state index >= 15 is 0 Å². The quantitative estimate of drug-likeness (QED) is 0.512. The van der Waals surface area contributed by atoms with Crippen molar-refractivity contribution in [3.63, 3.8) is 0 Å². The SMILES string of the molecule is COc1ccc(CCS(=O)(=O)N(CCc2cccs2)Cc2ccoc2)cc1. The van der Waals surface area contributed by atoms with Gasteiger partial charge >= 0.3 is 0 Å². The molecule has 0 saturated carbocycles. The van der Waals surface area contributed by atoms with Crippen LogP contribution in [0.25, 0.3) is 0 Å². The standard InChI is InChI=1S/C20H23NO4S2/c1-24-19-6-4-17(5-7-19)10-14-27(22,23)21(15-18-9-12-25-16-18)11-8-20-3-2-13-26-20/h2-7,9,12-13,16H,8,10-11,14-15H2,1H3. The lowest BCUT2D eigenvalue weighted by Gasteiger charge is -2.21. The molecule has 0 atom stereocenters. The predicted molar refractivity (Wildman–Crippen MR) is 108 cm³/mol. The zero-order chi connectivity index (χ0) is 19.1. The van der Waals surface area contributed by atoms with E-state index in [1.54, 1.807) is 41.3 Å². The Labute approximate surface area is 164 Å². The average Bonchev–Trinajstić information content (AvgIpc) is 3.37. The molecule has 5 nitrogen and oxygen atoms in total. The maximum absolute atomic E-state index is 13.0. The van der Waals surface area contributed by atoms with Crippen molar-refractivity contribution >= 4 is 21.4 Å². The Morgan fingerprint density at radius 2 is 1.89 bits per heavy atom. The fourth-order valence-corrected chi connectivity index (χ4v) is 4.93. The molecule has 2 heterocycles. The predicted octanol–water partition coefficient (Wildman–Crippen LogP) is 3.97. The van der Waals surface area contributed by atoms with E-state index in [0.29, 0.717) is 25.9 Å². The highest BCUT2D eigenvalue weighted by atomic mass is 32.2. The molecule has 0 spiro atoms. The molecule has 144 valence electrons. The van der Waals surface area contributed by atoms with Gasteiger partial charge in [-0.25, -0.2) is 8.42 Å². The molecule has 0 amide bonds. The number of thiophene rings is 1. The number of methoxy groups -OCH3 is 1. The number of nitrogens with zero attached hydrogens (tertiary/aromatic N) is 1. The lowest BCUT2D eigenvalue weighted by Crippen LogP contribution is -2.34. The Balaban J connectivity index is 1.67. The van der Waals surface area contributed by atoms with Crippen LogP contribution in [0.4, 0.5) is 0 Å². The van der Waals surface area contributed by atoms with E-state index in [-0.39, 0.29) is 5.75 Å².